The van der Waals surface area contributed by atoms with Crippen molar-refractivity contribution in [3.8, 4) is 11.4 Å². The van der Waals surface area contributed by atoms with Gasteiger partial charge < -0.3 is 9.42 Å². The summed E-state index contributed by atoms with van der Waals surface area (Å²) in [6.07, 6.45) is 3.87. The molecule has 0 saturated carbocycles. The number of carbonyl (C=O) groups excluding carboxylic acids is 1. The molecule has 0 unspecified atom stereocenters. The minimum Gasteiger partial charge on any atom is -0.361 e. The number of carbonyl (C=O) groups is 1. The highest BCUT2D eigenvalue weighted by Gasteiger charge is 2.41. The molecule has 1 spiro atoms. The predicted molar refractivity (Wildman–Crippen MR) is 127 cm³/mol. The number of amides is 1. The Morgan fingerprint density at radius 2 is 1.91 bits per heavy atom. The van der Waals surface area contributed by atoms with Crippen molar-refractivity contribution in [1.29, 1.82) is 0 Å². The van der Waals surface area contributed by atoms with Crippen molar-refractivity contribution in [2.75, 3.05) is 26.2 Å². The fraction of sp³-hybridized carbons (Fsp3) is 0.480. The zero-order valence-electron chi connectivity index (χ0n) is 19.9. The molecule has 0 bridgehead atoms. The first-order chi connectivity index (χ1) is 16.7. The third kappa shape index (κ3) is 4.71. The lowest BCUT2D eigenvalue weighted by Gasteiger charge is -2.47. The molecule has 2 fully saturated rings. The molecule has 0 N–H and O–H groups in total. The molecular weight excluding hydrogens is 476 g/mol. The minimum atomic E-state index is -0.825. The topological polar surface area (TPSA) is 67.4 Å². The van der Waals surface area contributed by atoms with Gasteiger partial charge in [0.05, 0.1) is 0 Å². The van der Waals surface area contributed by atoms with Crippen LogP contribution in [0.2, 0.25) is 5.15 Å². The van der Waals surface area contributed by atoms with E-state index in [4.69, 9.17) is 16.1 Å². The Morgan fingerprint density at radius 1 is 1.14 bits per heavy atom. The average molecular weight is 504 g/mol. The van der Waals surface area contributed by atoms with Gasteiger partial charge in [-0.15, -0.1) is 0 Å². The molecule has 35 heavy (non-hydrogen) atoms. The predicted octanol–water partition coefficient (Wildman–Crippen LogP) is 4.83. The number of piperidine rings is 2. The molecule has 7 nitrogen and oxygen atoms in total. The summed E-state index contributed by atoms with van der Waals surface area (Å²) < 4.78 is 33.5. The standard InChI is InChI=1S/C25H28ClF2N5O2/c1-16-12-20(30-35-16)22-21(23(26)31(2)29-22)24(34)33-9-3-6-25(15-33)7-10-32(11-8-25)14-17-4-5-18(27)19(28)13-17/h4-5,12-13H,3,6-11,14-15H2,1-2H3. The first-order valence-electron chi connectivity index (χ1n) is 11.9. The van der Waals surface area contributed by atoms with Crippen molar-refractivity contribution < 1.29 is 18.1 Å². The zero-order chi connectivity index (χ0) is 24.7. The number of nitrogens with zero attached hydrogens (tertiary/aromatic N) is 5. The van der Waals surface area contributed by atoms with Gasteiger partial charge in [-0.25, -0.2) is 8.78 Å². The summed E-state index contributed by atoms with van der Waals surface area (Å²) in [6, 6.07) is 5.83. The summed E-state index contributed by atoms with van der Waals surface area (Å²) in [5, 5.41) is 8.75. The summed E-state index contributed by atoms with van der Waals surface area (Å²) in [4.78, 5) is 17.8. The molecule has 1 amide bonds. The van der Waals surface area contributed by atoms with Gasteiger partial charge in [0.25, 0.3) is 5.91 Å². The van der Waals surface area contributed by atoms with Crippen LogP contribution in [-0.4, -0.2) is 56.8 Å². The highest BCUT2D eigenvalue weighted by Crippen LogP contribution is 2.41. The van der Waals surface area contributed by atoms with Gasteiger partial charge in [0, 0.05) is 32.7 Å². The molecule has 0 atom stereocenters. The number of likely N-dealkylation sites (tertiary alicyclic amines) is 2. The summed E-state index contributed by atoms with van der Waals surface area (Å²) in [5.41, 5.74) is 2.08. The van der Waals surface area contributed by atoms with E-state index >= 15 is 0 Å². The zero-order valence-corrected chi connectivity index (χ0v) is 20.6. The largest absolute Gasteiger partial charge is 0.361 e. The number of benzene rings is 1. The van der Waals surface area contributed by atoms with Gasteiger partial charge in [-0.2, -0.15) is 5.10 Å². The lowest BCUT2D eigenvalue weighted by atomic mass is 9.72. The van der Waals surface area contributed by atoms with Crippen LogP contribution < -0.4 is 0 Å². The Labute approximate surface area is 207 Å². The number of hydrogen-bond donors (Lipinski definition) is 0. The summed E-state index contributed by atoms with van der Waals surface area (Å²) in [6.45, 7) is 5.39. The van der Waals surface area contributed by atoms with Crippen LogP contribution in [0, 0.1) is 24.0 Å². The van der Waals surface area contributed by atoms with Gasteiger partial charge in [0.2, 0.25) is 0 Å². The molecule has 0 aliphatic carbocycles. The molecule has 2 saturated heterocycles. The van der Waals surface area contributed by atoms with Crippen LogP contribution in [0.25, 0.3) is 11.4 Å². The summed E-state index contributed by atoms with van der Waals surface area (Å²) in [5.74, 6) is -1.14. The second kappa shape index (κ2) is 9.35. The molecule has 4 heterocycles. The SMILES string of the molecule is Cc1cc(-c2nn(C)c(Cl)c2C(=O)N2CCCC3(CCN(Cc4ccc(F)c(F)c4)CC3)C2)no1. The number of rotatable bonds is 4. The third-order valence-electron chi connectivity index (χ3n) is 7.32. The Bertz CT molecular complexity index is 1250. The Hall–Kier alpha value is -2.78. The van der Waals surface area contributed by atoms with Crippen LogP contribution in [0.3, 0.4) is 0 Å². The van der Waals surface area contributed by atoms with Crippen molar-refractivity contribution in [3.05, 3.63) is 57.9 Å². The van der Waals surface area contributed by atoms with Gasteiger partial charge in [-0.05, 0) is 68.8 Å². The molecule has 3 aromatic rings. The van der Waals surface area contributed by atoms with E-state index in [1.807, 2.05) is 4.90 Å². The second-order valence-electron chi connectivity index (χ2n) is 9.82. The monoisotopic (exact) mass is 503 g/mol. The Balaban J connectivity index is 1.28. The second-order valence-corrected chi connectivity index (χ2v) is 10.2. The van der Waals surface area contributed by atoms with E-state index < -0.39 is 11.6 Å². The molecule has 0 radical (unpaired) electrons. The van der Waals surface area contributed by atoms with E-state index in [1.165, 1.54) is 16.8 Å². The van der Waals surface area contributed by atoms with Crippen molar-refractivity contribution in [2.24, 2.45) is 12.5 Å². The highest BCUT2D eigenvalue weighted by molar-refractivity contribution is 6.33. The van der Waals surface area contributed by atoms with Crippen molar-refractivity contribution in [1.82, 2.24) is 24.7 Å². The van der Waals surface area contributed by atoms with Crippen LogP contribution in [0.1, 0.15) is 47.4 Å². The molecule has 2 aliphatic heterocycles. The first kappa shape index (κ1) is 23.9. The average Bonchev–Trinajstić information content (AvgIpc) is 3.40. The number of hydrogen-bond acceptors (Lipinski definition) is 5. The van der Waals surface area contributed by atoms with Crippen LogP contribution >= 0.6 is 11.6 Å². The van der Waals surface area contributed by atoms with Crippen LogP contribution in [0.4, 0.5) is 8.78 Å². The summed E-state index contributed by atoms with van der Waals surface area (Å²) >= 11 is 6.52. The smallest absolute Gasteiger partial charge is 0.259 e. The summed E-state index contributed by atoms with van der Waals surface area (Å²) in [7, 11) is 1.70. The van der Waals surface area contributed by atoms with E-state index in [0.29, 0.717) is 42.3 Å². The fourth-order valence-corrected chi connectivity index (χ4v) is 5.59. The molecule has 1 aromatic carbocycles. The molecular formula is C25H28ClF2N5O2. The minimum absolute atomic E-state index is 0.0395. The van der Waals surface area contributed by atoms with Crippen LogP contribution in [0.15, 0.2) is 28.8 Å². The lowest BCUT2D eigenvalue weighted by molar-refractivity contribution is 0.0198. The van der Waals surface area contributed by atoms with E-state index in [-0.39, 0.29) is 16.5 Å². The molecule has 2 aromatic heterocycles. The van der Waals surface area contributed by atoms with E-state index in [1.54, 1.807) is 26.1 Å². The maximum absolute atomic E-state index is 13.7. The van der Waals surface area contributed by atoms with E-state index in [2.05, 4.69) is 15.2 Å². The Kier molecular flexibility index (Phi) is 6.40. The van der Waals surface area contributed by atoms with Gasteiger partial charge in [-0.1, -0.05) is 22.8 Å². The number of aryl methyl sites for hydroxylation is 2. The fourth-order valence-electron chi connectivity index (χ4n) is 5.38. The lowest BCUT2D eigenvalue weighted by Crippen LogP contribution is -2.51. The van der Waals surface area contributed by atoms with Crippen LogP contribution in [0.5, 0.6) is 0 Å². The first-order valence-corrected chi connectivity index (χ1v) is 12.2. The number of aromatic nitrogens is 3. The molecule has 186 valence electrons. The third-order valence-corrected chi connectivity index (χ3v) is 7.75. The quantitative estimate of drug-likeness (QED) is 0.510. The Morgan fingerprint density at radius 3 is 2.60 bits per heavy atom. The van der Waals surface area contributed by atoms with Gasteiger partial charge in [0.1, 0.15) is 27.9 Å². The van der Waals surface area contributed by atoms with E-state index in [0.717, 1.165) is 44.3 Å². The normalized spacial score (nSPS) is 18.4. The van der Waals surface area contributed by atoms with Gasteiger partial charge in [0.15, 0.2) is 11.6 Å². The maximum Gasteiger partial charge on any atom is 0.259 e. The number of halogens is 3. The molecule has 5 rings (SSSR count). The van der Waals surface area contributed by atoms with Gasteiger partial charge >= 0.3 is 0 Å². The highest BCUT2D eigenvalue weighted by atomic mass is 35.5. The van der Waals surface area contributed by atoms with Crippen molar-refractivity contribution in [3.63, 3.8) is 0 Å². The van der Waals surface area contributed by atoms with Crippen molar-refractivity contribution in [2.45, 2.75) is 39.2 Å². The van der Waals surface area contributed by atoms with Gasteiger partial charge in [-0.3, -0.25) is 14.4 Å². The van der Waals surface area contributed by atoms with E-state index in [9.17, 15) is 13.6 Å². The molecule has 10 heteroatoms. The molecule has 2 aliphatic rings. The van der Waals surface area contributed by atoms with Crippen LogP contribution in [-0.2, 0) is 13.6 Å². The van der Waals surface area contributed by atoms with Crippen molar-refractivity contribution >= 4 is 17.5 Å². The maximum atomic E-state index is 13.7.